The molecule has 0 radical (unpaired) electrons. The molecule has 1 aliphatic carbocycles. The predicted molar refractivity (Wildman–Crippen MR) is 72.1 cm³/mol. The molecule has 1 heterocycles. The molecule has 4 heteroatoms. The maximum absolute atomic E-state index is 12.3. The number of hydrogen-bond donors (Lipinski definition) is 0. The second-order valence-corrected chi connectivity index (χ2v) is 4.79. The van der Waals surface area contributed by atoms with Crippen molar-refractivity contribution >= 4 is 11.6 Å². The summed E-state index contributed by atoms with van der Waals surface area (Å²) in [4.78, 5) is 16.7. The molecule has 0 atom stereocenters. The van der Waals surface area contributed by atoms with Crippen LogP contribution in [0.1, 0.15) is 11.1 Å². The first-order valence-electron chi connectivity index (χ1n) is 6.04. The maximum atomic E-state index is 12.3. The fourth-order valence-electron chi connectivity index (χ4n) is 2.47. The first-order valence-corrected chi connectivity index (χ1v) is 6.57. The predicted octanol–water partition coefficient (Wildman–Crippen LogP) is 2.25. The lowest BCUT2D eigenvalue weighted by Crippen LogP contribution is -2.27. The van der Waals surface area contributed by atoms with Crippen molar-refractivity contribution in [3.63, 3.8) is 0 Å². The van der Waals surface area contributed by atoms with Crippen LogP contribution >= 0.6 is 11.6 Å². The van der Waals surface area contributed by atoms with E-state index < -0.39 is 0 Å². The lowest BCUT2D eigenvalue weighted by atomic mass is 9.90. The number of rotatable bonds is 2. The van der Waals surface area contributed by atoms with E-state index in [-0.39, 0.29) is 5.56 Å². The summed E-state index contributed by atoms with van der Waals surface area (Å²) in [6, 6.07) is 8.15. The molecule has 0 unspecified atom stereocenters. The standard InChI is InChI=1S/C14H13ClN2O/c15-7-8-17-9-16-13-11-4-2-1-3-10(11)5-6-12(13)14(17)18/h1-4,9H,5-8H2. The second-order valence-electron chi connectivity index (χ2n) is 4.42. The van der Waals surface area contributed by atoms with Crippen LogP contribution in [-0.2, 0) is 19.4 Å². The highest BCUT2D eigenvalue weighted by atomic mass is 35.5. The van der Waals surface area contributed by atoms with Crippen LogP contribution in [-0.4, -0.2) is 15.4 Å². The Labute approximate surface area is 110 Å². The third-order valence-electron chi connectivity index (χ3n) is 3.37. The number of nitrogens with zero attached hydrogens (tertiary/aromatic N) is 2. The van der Waals surface area contributed by atoms with E-state index in [2.05, 4.69) is 11.1 Å². The highest BCUT2D eigenvalue weighted by Crippen LogP contribution is 2.29. The van der Waals surface area contributed by atoms with Crippen LogP contribution in [0.25, 0.3) is 11.3 Å². The molecule has 0 spiro atoms. The molecule has 0 aliphatic heterocycles. The first kappa shape index (κ1) is 11.5. The van der Waals surface area contributed by atoms with E-state index in [9.17, 15) is 4.79 Å². The van der Waals surface area contributed by atoms with Crippen LogP contribution in [0, 0.1) is 0 Å². The Morgan fingerprint density at radius 1 is 1.28 bits per heavy atom. The van der Waals surface area contributed by atoms with Gasteiger partial charge in [0.15, 0.2) is 0 Å². The normalized spacial score (nSPS) is 12.9. The van der Waals surface area contributed by atoms with Gasteiger partial charge >= 0.3 is 0 Å². The van der Waals surface area contributed by atoms with Crippen molar-refractivity contribution in [1.29, 1.82) is 0 Å². The largest absolute Gasteiger partial charge is 0.298 e. The topological polar surface area (TPSA) is 34.9 Å². The van der Waals surface area contributed by atoms with E-state index in [0.717, 1.165) is 29.7 Å². The Kier molecular flexibility index (Phi) is 2.92. The number of benzene rings is 1. The van der Waals surface area contributed by atoms with E-state index in [1.165, 1.54) is 5.56 Å². The summed E-state index contributed by atoms with van der Waals surface area (Å²) >= 11 is 5.68. The van der Waals surface area contributed by atoms with Gasteiger partial charge in [-0.2, -0.15) is 0 Å². The average Bonchev–Trinajstić information content (AvgIpc) is 2.42. The van der Waals surface area contributed by atoms with Crippen LogP contribution in [0.5, 0.6) is 0 Å². The Morgan fingerprint density at radius 3 is 2.94 bits per heavy atom. The SMILES string of the molecule is O=c1c2c(ncn1CCCl)-c1ccccc1CC2. The highest BCUT2D eigenvalue weighted by molar-refractivity contribution is 6.17. The molecule has 0 saturated carbocycles. The van der Waals surface area contributed by atoms with Crippen LogP contribution in [0.2, 0.25) is 0 Å². The van der Waals surface area contributed by atoms with Gasteiger partial charge in [-0.3, -0.25) is 9.36 Å². The van der Waals surface area contributed by atoms with E-state index >= 15 is 0 Å². The first-order chi connectivity index (χ1) is 8.81. The number of halogens is 1. The molecule has 92 valence electrons. The third kappa shape index (κ3) is 1.75. The summed E-state index contributed by atoms with van der Waals surface area (Å²) in [6.45, 7) is 0.516. The highest BCUT2D eigenvalue weighted by Gasteiger charge is 2.20. The fourth-order valence-corrected chi connectivity index (χ4v) is 2.65. The van der Waals surface area contributed by atoms with Crippen molar-refractivity contribution in [2.24, 2.45) is 0 Å². The van der Waals surface area contributed by atoms with Gasteiger partial charge < -0.3 is 0 Å². The molecule has 0 amide bonds. The van der Waals surface area contributed by atoms with Gasteiger partial charge in [-0.15, -0.1) is 11.6 Å². The van der Waals surface area contributed by atoms with Gasteiger partial charge in [-0.25, -0.2) is 4.98 Å². The van der Waals surface area contributed by atoms with Gasteiger partial charge in [0.05, 0.1) is 12.0 Å². The number of aryl methyl sites for hydroxylation is 2. The van der Waals surface area contributed by atoms with Crippen molar-refractivity contribution in [1.82, 2.24) is 9.55 Å². The molecule has 0 saturated heterocycles. The Hall–Kier alpha value is -1.61. The van der Waals surface area contributed by atoms with Crippen molar-refractivity contribution in [3.8, 4) is 11.3 Å². The Bertz CT molecular complexity index is 648. The summed E-state index contributed by atoms with van der Waals surface area (Å²) < 4.78 is 1.60. The van der Waals surface area contributed by atoms with Crippen molar-refractivity contribution < 1.29 is 0 Å². The lowest BCUT2D eigenvalue weighted by Gasteiger charge is -2.18. The summed E-state index contributed by atoms with van der Waals surface area (Å²) in [7, 11) is 0. The molecule has 1 aromatic heterocycles. The molecular weight excluding hydrogens is 248 g/mol. The minimum Gasteiger partial charge on any atom is -0.298 e. The maximum Gasteiger partial charge on any atom is 0.257 e. The minimum absolute atomic E-state index is 0.0511. The Balaban J connectivity index is 2.19. The zero-order chi connectivity index (χ0) is 12.5. The van der Waals surface area contributed by atoms with Crippen molar-refractivity contribution in [3.05, 3.63) is 52.1 Å². The molecule has 0 fully saturated rings. The van der Waals surface area contributed by atoms with Crippen LogP contribution < -0.4 is 5.56 Å². The molecule has 1 aromatic carbocycles. The average molecular weight is 261 g/mol. The molecule has 3 rings (SSSR count). The van der Waals surface area contributed by atoms with E-state index in [1.807, 2.05) is 18.2 Å². The summed E-state index contributed by atoms with van der Waals surface area (Å²) in [6.07, 6.45) is 3.28. The number of aromatic nitrogens is 2. The molecule has 18 heavy (non-hydrogen) atoms. The van der Waals surface area contributed by atoms with Crippen LogP contribution in [0.3, 0.4) is 0 Å². The fraction of sp³-hybridized carbons (Fsp3) is 0.286. The molecular formula is C14H13ClN2O. The van der Waals surface area contributed by atoms with Gasteiger partial charge in [-0.1, -0.05) is 24.3 Å². The van der Waals surface area contributed by atoms with Crippen LogP contribution in [0.4, 0.5) is 0 Å². The molecule has 0 bridgehead atoms. The smallest absolute Gasteiger partial charge is 0.257 e. The third-order valence-corrected chi connectivity index (χ3v) is 3.54. The summed E-state index contributed by atoms with van der Waals surface area (Å²) in [5.74, 6) is 0.428. The molecule has 2 aromatic rings. The number of fused-ring (bicyclic) bond motifs is 3. The minimum atomic E-state index is 0.0511. The molecule has 1 aliphatic rings. The van der Waals surface area contributed by atoms with Gasteiger partial charge in [0.25, 0.3) is 5.56 Å². The van der Waals surface area contributed by atoms with E-state index in [4.69, 9.17) is 11.6 Å². The summed E-state index contributed by atoms with van der Waals surface area (Å²) in [5, 5.41) is 0. The monoisotopic (exact) mass is 260 g/mol. The van der Waals surface area contributed by atoms with Gasteiger partial charge in [-0.05, 0) is 18.4 Å². The van der Waals surface area contributed by atoms with Gasteiger partial charge in [0.2, 0.25) is 0 Å². The number of alkyl halides is 1. The Morgan fingerprint density at radius 2 is 2.11 bits per heavy atom. The number of hydrogen-bond acceptors (Lipinski definition) is 2. The lowest BCUT2D eigenvalue weighted by molar-refractivity contribution is 0.693. The van der Waals surface area contributed by atoms with Crippen molar-refractivity contribution in [2.45, 2.75) is 19.4 Å². The zero-order valence-corrected chi connectivity index (χ0v) is 10.7. The van der Waals surface area contributed by atoms with Crippen molar-refractivity contribution in [2.75, 3.05) is 5.88 Å². The summed E-state index contributed by atoms with van der Waals surface area (Å²) in [5.41, 5.74) is 4.07. The second kappa shape index (κ2) is 4.58. The van der Waals surface area contributed by atoms with Gasteiger partial charge in [0.1, 0.15) is 0 Å². The quantitative estimate of drug-likeness (QED) is 0.777. The van der Waals surface area contributed by atoms with E-state index in [0.29, 0.717) is 12.4 Å². The van der Waals surface area contributed by atoms with Crippen LogP contribution in [0.15, 0.2) is 35.4 Å². The molecule has 0 N–H and O–H groups in total. The van der Waals surface area contributed by atoms with Gasteiger partial charge in [0, 0.05) is 23.6 Å². The molecule has 3 nitrogen and oxygen atoms in total. The zero-order valence-electron chi connectivity index (χ0n) is 9.90. The van der Waals surface area contributed by atoms with E-state index in [1.54, 1.807) is 10.9 Å².